The second kappa shape index (κ2) is 7.21. The molecule has 1 amide bonds. The topological polar surface area (TPSA) is 78.4 Å². The average Bonchev–Trinajstić information content (AvgIpc) is 3.16. The molecule has 1 aliphatic heterocycles. The molecule has 3 rings (SSSR count). The number of hydrogen-bond donors (Lipinski definition) is 3. The Hall–Kier alpha value is -1.76. The van der Waals surface area contributed by atoms with Crippen LogP contribution < -0.4 is 10.6 Å². The summed E-state index contributed by atoms with van der Waals surface area (Å²) in [5.41, 5.74) is 0.703. The van der Waals surface area contributed by atoms with Crippen LogP contribution in [0.2, 0.25) is 0 Å². The fourth-order valence-corrected chi connectivity index (χ4v) is 3.78. The van der Waals surface area contributed by atoms with E-state index in [0.717, 1.165) is 10.1 Å². The van der Waals surface area contributed by atoms with Crippen molar-refractivity contribution in [3.8, 4) is 0 Å². The smallest absolute Gasteiger partial charge is 0.220 e. The number of amides is 1. The number of rotatable bonds is 6. The Morgan fingerprint density at radius 1 is 1.26 bits per heavy atom. The number of benzene rings is 1. The van der Waals surface area contributed by atoms with Gasteiger partial charge in [0.1, 0.15) is 0 Å². The minimum atomic E-state index is -0.408. The molecule has 0 bridgehead atoms. The summed E-state index contributed by atoms with van der Waals surface area (Å²) in [7, 11) is 0. The molecule has 0 aliphatic carbocycles. The number of carbonyl (C=O) groups excluding carboxylic acids is 2. The number of hydrogen-bond acceptors (Lipinski definition) is 5. The van der Waals surface area contributed by atoms with E-state index in [1.165, 1.54) is 0 Å². The lowest BCUT2D eigenvalue weighted by Gasteiger charge is -2.13. The molecule has 5 nitrogen and oxygen atoms in total. The maximum Gasteiger partial charge on any atom is 0.220 e. The fraction of sp³-hybridized carbons (Fsp3) is 0.412. The van der Waals surface area contributed by atoms with E-state index < -0.39 is 6.10 Å². The van der Waals surface area contributed by atoms with Crippen molar-refractivity contribution in [2.24, 2.45) is 5.92 Å². The molecule has 6 heteroatoms. The number of carbonyl (C=O) groups is 2. The highest BCUT2D eigenvalue weighted by molar-refractivity contribution is 7.17. The Bertz CT molecular complexity index is 713. The lowest BCUT2D eigenvalue weighted by atomic mass is 10.0. The maximum atomic E-state index is 12.3. The van der Waals surface area contributed by atoms with Crippen molar-refractivity contribution >= 4 is 33.1 Å². The molecular formula is C17H20N2O3S. The summed E-state index contributed by atoms with van der Waals surface area (Å²) in [4.78, 5) is 24.2. The molecule has 2 heterocycles. The van der Waals surface area contributed by atoms with Gasteiger partial charge in [-0.25, -0.2) is 0 Å². The minimum absolute atomic E-state index is 0.000155. The summed E-state index contributed by atoms with van der Waals surface area (Å²) in [6, 6.07) is 7.80. The first-order chi connectivity index (χ1) is 11.1. The van der Waals surface area contributed by atoms with Crippen LogP contribution in [0.3, 0.4) is 0 Å². The van der Waals surface area contributed by atoms with Crippen LogP contribution in [0.1, 0.15) is 23.2 Å². The molecule has 23 heavy (non-hydrogen) atoms. The number of aliphatic hydroxyl groups is 1. The van der Waals surface area contributed by atoms with Gasteiger partial charge >= 0.3 is 0 Å². The van der Waals surface area contributed by atoms with E-state index in [1.807, 2.05) is 29.6 Å². The predicted molar refractivity (Wildman–Crippen MR) is 90.8 cm³/mol. The van der Waals surface area contributed by atoms with Gasteiger partial charge in [-0.2, -0.15) is 0 Å². The number of Topliss-reactive ketones (excluding diaryl/α,β-unsaturated/α-hetero) is 1. The van der Waals surface area contributed by atoms with E-state index in [4.69, 9.17) is 0 Å². The molecule has 0 spiro atoms. The molecule has 2 unspecified atom stereocenters. The van der Waals surface area contributed by atoms with Gasteiger partial charge in [-0.05, 0) is 6.07 Å². The van der Waals surface area contributed by atoms with E-state index in [1.54, 1.807) is 11.3 Å². The highest BCUT2D eigenvalue weighted by atomic mass is 32.1. The van der Waals surface area contributed by atoms with Crippen molar-refractivity contribution in [1.82, 2.24) is 10.6 Å². The van der Waals surface area contributed by atoms with E-state index in [-0.39, 0.29) is 30.4 Å². The van der Waals surface area contributed by atoms with Gasteiger partial charge in [0, 0.05) is 59.4 Å². The number of aliphatic hydroxyl groups excluding tert-OH is 1. The third-order valence-corrected chi connectivity index (χ3v) is 5.19. The molecule has 122 valence electrons. The molecule has 0 radical (unpaired) electrons. The number of nitrogens with one attached hydrogen (secondary N) is 2. The summed E-state index contributed by atoms with van der Waals surface area (Å²) in [5, 5.41) is 18.4. The van der Waals surface area contributed by atoms with Gasteiger partial charge in [-0.1, -0.05) is 18.2 Å². The first-order valence-electron chi connectivity index (χ1n) is 7.80. The summed E-state index contributed by atoms with van der Waals surface area (Å²) < 4.78 is 1.09. The Kier molecular flexibility index (Phi) is 5.05. The summed E-state index contributed by atoms with van der Waals surface area (Å²) >= 11 is 1.55. The van der Waals surface area contributed by atoms with Crippen LogP contribution >= 0.6 is 11.3 Å². The number of fused-ring (bicyclic) bond motifs is 1. The number of ketones is 1. The molecule has 0 saturated carbocycles. The van der Waals surface area contributed by atoms with E-state index in [2.05, 4.69) is 10.6 Å². The molecular weight excluding hydrogens is 312 g/mol. The average molecular weight is 332 g/mol. The van der Waals surface area contributed by atoms with Crippen molar-refractivity contribution in [3.63, 3.8) is 0 Å². The molecule has 2 atom stereocenters. The zero-order chi connectivity index (χ0) is 16.2. The Labute approximate surface area is 138 Å². The summed E-state index contributed by atoms with van der Waals surface area (Å²) in [6.07, 6.45) is -0.0220. The van der Waals surface area contributed by atoms with Gasteiger partial charge in [0.25, 0.3) is 0 Å². The first-order valence-corrected chi connectivity index (χ1v) is 8.68. The zero-order valence-corrected chi connectivity index (χ0v) is 13.6. The zero-order valence-electron chi connectivity index (χ0n) is 12.7. The molecule has 1 fully saturated rings. The lowest BCUT2D eigenvalue weighted by Crippen LogP contribution is -2.34. The van der Waals surface area contributed by atoms with Gasteiger partial charge < -0.3 is 15.7 Å². The number of β-amino-alcohol motifs (C(OH)–C–C–N with tert-alkyl or cyclic N) is 1. The predicted octanol–water partition coefficient (Wildman–Crippen LogP) is 1.56. The quantitative estimate of drug-likeness (QED) is 0.702. The first kappa shape index (κ1) is 16.1. The second-order valence-electron chi connectivity index (χ2n) is 5.86. The third kappa shape index (κ3) is 3.77. The number of thiophene rings is 1. The highest BCUT2D eigenvalue weighted by Crippen LogP contribution is 2.26. The van der Waals surface area contributed by atoms with Gasteiger partial charge in [0.15, 0.2) is 5.78 Å². The normalized spacial score (nSPS) is 20.7. The molecule has 3 N–H and O–H groups in total. The van der Waals surface area contributed by atoms with Crippen molar-refractivity contribution in [1.29, 1.82) is 0 Å². The summed E-state index contributed by atoms with van der Waals surface area (Å²) in [6.45, 7) is 1.73. The van der Waals surface area contributed by atoms with Crippen molar-refractivity contribution in [3.05, 3.63) is 35.2 Å². The Morgan fingerprint density at radius 3 is 2.87 bits per heavy atom. The fourth-order valence-electron chi connectivity index (χ4n) is 2.82. The van der Waals surface area contributed by atoms with Crippen LogP contribution in [-0.4, -0.2) is 42.5 Å². The molecule has 2 aromatic rings. The monoisotopic (exact) mass is 332 g/mol. The van der Waals surface area contributed by atoms with Crippen LogP contribution in [0.4, 0.5) is 0 Å². The lowest BCUT2D eigenvalue weighted by molar-refractivity contribution is -0.121. The maximum absolute atomic E-state index is 12.3. The molecule has 1 saturated heterocycles. The molecule has 1 aromatic heterocycles. The van der Waals surface area contributed by atoms with Gasteiger partial charge in [0.05, 0.1) is 6.10 Å². The van der Waals surface area contributed by atoms with Crippen molar-refractivity contribution in [2.45, 2.75) is 18.9 Å². The van der Waals surface area contributed by atoms with E-state index in [9.17, 15) is 14.7 Å². The minimum Gasteiger partial charge on any atom is -0.391 e. The van der Waals surface area contributed by atoms with Gasteiger partial charge in [-0.15, -0.1) is 11.3 Å². The Balaban J connectivity index is 1.49. The largest absolute Gasteiger partial charge is 0.391 e. The third-order valence-electron chi connectivity index (χ3n) is 4.23. The van der Waals surface area contributed by atoms with Crippen LogP contribution in [0.5, 0.6) is 0 Å². The standard InChI is InChI=1S/C17H20N2O3S/c20-14(13-10-23-16-4-2-1-3-12(13)16)5-6-17(22)19-8-11-7-18-9-15(11)21/h1-4,10-11,15,18,21H,5-9H2,(H,19,22). The molecule has 1 aromatic carbocycles. The van der Waals surface area contributed by atoms with Gasteiger partial charge in [0.2, 0.25) is 5.91 Å². The Morgan fingerprint density at radius 2 is 2.09 bits per heavy atom. The van der Waals surface area contributed by atoms with Crippen LogP contribution in [-0.2, 0) is 4.79 Å². The SMILES string of the molecule is O=C(CCC(=O)c1csc2ccccc12)NCC1CNCC1O. The van der Waals surface area contributed by atoms with E-state index in [0.29, 0.717) is 25.2 Å². The van der Waals surface area contributed by atoms with E-state index >= 15 is 0 Å². The van der Waals surface area contributed by atoms with Crippen molar-refractivity contribution in [2.75, 3.05) is 19.6 Å². The van der Waals surface area contributed by atoms with Crippen LogP contribution in [0.25, 0.3) is 10.1 Å². The van der Waals surface area contributed by atoms with Crippen molar-refractivity contribution < 1.29 is 14.7 Å². The van der Waals surface area contributed by atoms with Gasteiger partial charge in [-0.3, -0.25) is 9.59 Å². The highest BCUT2D eigenvalue weighted by Gasteiger charge is 2.25. The second-order valence-corrected chi connectivity index (χ2v) is 6.77. The molecule has 1 aliphatic rings. The van der Waals surface area contributed by atoms with Crippen LogP contribution in [0, 0.1) is 5.92 Å². The van der Waals surface area contributed by atoms with Crippen LogP contribution in [0.15, 0.2) is 29.6 Å². The summed E-state index contributed by atoms with van der Waals surface area (Å²) in [5.74, 6) is -0.0902.